The fourth-order valence-corrected chi connectivity index (χ4v) is 4.17. The fraction of sp³-hybridized carbons (Fsp3) is 0.0417. The van der Waals surface area contributed by atoms with E-state index in [0.717, 1.165) is 27.0 Å². The molecule has 0 aliphatic heterocycles. The Morgan fingerprint density at radius 3 is 2.47 bits per heavy atom. The second-order valence-corrected chi connectivity index (χ2v) is 8.51. The zero-order chi connectivity index (χ0) is 22.5. The first-order chi connectivity index (χ1) is 15.5. The number of rotatable bonds is 6. The highest BCUT2D eigenvalue weighted by atomic mass is 79.9. The number of aromatic nitrogens is 2. The first-order valence-corrected chi connectivity index (χ1v) is 11.2. The molecule has 8 heteroatoms. The summed E-state index contributed by atoms with van der Waals surface area (Å²) in [6.07, 6.45) is 5.10. The maximum Gasteiger partial charge on any atom is 0.251 e. The number of aliphatic imine (C=N–C) groups is 1. The van der Waals surface area contributed by atoms with Gasteiger partial charge in [-0.2, -0.15) is 5.10 Å². The van der Waals surface area contributed by atoms with Crippen LogP contribution in [0, 0.1) is 0 Å². The van der Waals surface area contributed by atoms with Gasteiger partial charge in [0.1, 0.15) is 11.5 Å². The molecule has 0 radical (unpaired) electrons. The van der Waals surface area contributed by atoms with Crippen LogP contribution in [-0.2, 0) is 0 Å². The van der Waals surface area contributed by atoms with Crippen LogP contribution in [0.2, 0.25) is 0 Å². The lowest BCUT2D eigenvalue weighted by Crippen LogP contribution is -1.91. The van der Waals surface area contributed by atoms with Gasteiger partial charge in [0.15, 0.2) is 0 Å². The largest absolute Gasteiger partial charge is 0.506 e. The molecule has 0 saturated carbocycles. The number of methoxy groups -OCH3 is 1. The molecule has 0 saturated heterocycles. The lowest BCUT2D eigenvalue weighted by molar-refractivity contribution is 0.415. The van der Waals surface area contributed by atoms with Crippen LogP contribution in [0.25, 0.3) is 11.3 Å². The molecule has 0 amide bonds. The van der Waals surface area contributed by atoms with Crippen molar-refractivity contribution in [3.05, 3.63) is 93.0 Å². The Labute approximate surface area is 202 Å². The quantitative estimate of drug-likeness (QED) is 0.280. The lowest BCUT2D eigenvalue weighted by atomic mass is 10.2. The Kier molecular flexibility index (Phi) is 6.82. The van der Waals surface area contributed by atoms with Gasteiger partial charge in [0.2, 0.25) is 0 Å². The Morgan fingerprint density at radius 1 is 1.00 bits per heavy atom. The molecule has 1 N–H and O–H groups in total. The van der Waals surface area contributed by atoms with Crippen molar-refractivity contribution in [3.8, 4) is 22.8 Å². The van der Waals surface area contributed by atoms with Crippen molar-refractivity contribution in [2.24, 2.45) is 10.1 Å². The minimum atomic E-state index is 0.0973. The highest BCUT2D eigenvalue weighted by Crippen LogP contribution is 2.31. The Bertz CT molecular complexity index is 1280. The summed E-state index contributed by atoms with van der Waals surface area (Å²) in [6, 6.07) is 20.9. The average molecular weight is 554 g/mol. The van der Waals surface area contributed by atoms with Crippen LogP contribution >= 0.6 is 31.9 Å². The predicted octanol–water partition coefficient (Wildman–Crippen LogP) is 6.42. The molecule has 6 nitrogen and oxygen atoms in total. The molecule has 1 heterocycles. The van der Waals surface area contributed by atoms with Crippen LogP contribution in [0.3, 0.4) is 0 Å². The van der Waals surface area contributed by atoms with Crippen molar-refractivity contribution in [2.75, 3.05) is 7.11 Å². The number of imidazole rings is 1. The van der Waals surface area contributed by atoms with E-state index < -0.39 is 0 Å². The van der Waals surface area contributed by atoms with Crippen LogP contribution in [0.4, 0.5) is 5.95 Å². The fourth-order valence-electron chi connectivity index (χ4n) is 2.91. The number of halogens is 2. The van der Waals surface area contributed by atoms with Gasteiger partial charge in [0.25, 0.3) is 5.95 Å². The standard InChI is InChI=1S/C24H18Br2N4O2/c1-32-20-9-7-16(8-10-20)13-28-30-15-22(17-5-3-2-4-6-17)29-24(30)27-14-18-11-19(25)12-21(26)23(18)31/h2-15,31H,1H3/b27-14?,28-13+. The number of hydrogen-bond donors (Lipinski definition) is 1. The number of hydrogen-bond acceptors (Lipinski definition) is 5. The molecular formula is C24H18Br2N4O2. The molecule has 0 aliphatic carbocycles. The molecule has 160 valence electrons. The third-order valence-corrected chi connectivity index (χ3v) is 5.63. The van der Waals surface area contributed by atoms with Crippen molar-refractivity contribution in [3.63, 3.8) is 0 Å². The monoisotopic (exact) mass is 552 g/mol. The van der Waals surface area contributed by atoms with Gasteiger partial charge in [0, 0.05) is 21.8 Å². The number of aromatic hydroxyl groups is 1. The van der Waals surface area contributed by atoms with Crippen molar-refractivity contribution in [1.29, 1.82) is 0 Å². The summed E-state index contributed by atoms with van der Waals surface area (Å²) >= 11 is 6.77. The van der Waals surface area contributed by atoms with Crippen LogP contribution in [0.1, 0.15) is 11.1 Å². The molecule has 0 fully saturated rings. The van der Waals surface area contributed by atoms with Gasteiger partial charge in [-0.1, -0.05) is 46.3 Å². The SMILES string of the molecule is COc1ccc(/C=N/n2cc(-c3ccccc3)nc2N=Cc2cc(Br)cc(Br)c2O)cc1. The minimum absolute atomic E-state index is 0.0973. The molecule has 4 rings (SSSR count). The van der Waals surface area contributed by atoms with E-state index in [1.165, 1.54) is 0 Å². The van der Waals surface area contributed by atoms with Gasteiger partial charge in [-0.05, 0) is 57.9 Å². The van der Waals surface area contributed by atoms with Crippen molar-refractivity contribution >= 4 is 50.2 Å². The molecule has 32 heavy (non-hydrogen) atoms. The van der Waals surface area contributed by atoms with Gasteiger partial charge in [-0.3, -0.25) is 0 Å². The minimum Gasteiger partial charge on any atom is -0.506 e. The summed E-state index contributed by atoms with van der Waals surface area (Å²) in [5, 5.41) is 14.9. The Morgan fingerprint density at radius 2 is 1.75 bits per heavy atom. The summed E-state index contributed by atoms with van der Waals surface area (Å²) in [5.74, 6) is 1.26. The summed E-state index contributed by atoms with van der Waals surface area (Å²) < 4.78 is 8.19. The van der Waals surface area contributed by atoms with E-state index in [1.54, 1.807) is 36.3 Å². The molecule has 0 bridgehead atoms. The van der Waals surface area contributed by atoms with Gasteiger partial charge < -0.3 is 9.84 Å². The number of benzene rings is 3. The highest BCUT2D eigenvalue weighted by molar-refractivity contribution is 9.11. The van der Waals surface area contributed by atoms with Gasteiger partial charge in [0.05, 0.1) is 29.7 Å². The Balaban J connectivity index is 1.71. The van der Waals surface area contributed by atoms with E-state index in [-0.39, 0.29) is 5.75 Å². The molecule has 4 aromatic rings. The van der Waals surface area contributed by atoms with E-state index >= 15 is 0 Å². The molecule has 0 aliphatic rings. The third kappa shape index (κ3) is 5.15. The average Bonchev–Trinajstić information content (AvgIpc) is 3.23. The molecule has 3 aromatic carbocycles. The highest BCUT2D eigenvalue weighted by Gasteiger charge is 2.10. The van der Waals surface area contributed by atoms with Crippen molar-refractivity contribution in [2.45, 2.75) is 0 Å². The normalized spacial score (nSPS) is 11.5. The van der Waals surface area contributed by atoms with Gasteiger partial charge in [-0.15, -0.1) is 0 Å². The van der Waals surface area contributed by atoms with E-state index in [2.05, 4.69) is 46.9 Å². The zero-order valence-electron chi connectivity index (χ0n) is 17.0. The van der Waals surface area contributed by atoms with Gasteiger partial charge in [-0.25, -0.2) is 14.7 Å². The van der Waals surface area contributed by atoms with Crippen LogP contribution in [0.15, 0.2) is 92.0 Å². The first-order valence-electron chi connectivity index (χ1n) is 9.59. The smallest absolute Gasteiger partial charge is 0.251 e. The lowest BCUT2D eigenvalue weighted by Gasteiger charge is -2.03. The Hall–Kier alpha value is -3.23. The van der Waals surface area contributed by atoms with E-state index in [9.17, 15) is 5.11 Å². The maximum atomic E-state index is 10.3. The second kappa shape index (κ2) is 9.93. The van der Waals surface area contributed by atoms with E-state index in [0.29, 0.717) is 16.0 Å². The summed E-state index contributed by atoms with van der Waals surface area (Å²) in [5.41, 5.74) is 3.14. The predicted molar refractivity (Wildman–Crippen MR) is 134 cm³/mol. The molecule has 1 aromatic heterocycles. The zero-order valence-corrected chi connectivity index (χ0v) is 20.2. The van der Waals surface area contributed by atoms with Crippen molar-refractivity contribution in [1.82, 2.24) is 9.66 Å². The molecule has 0 spiro atoms. The summed E-state index contributed by atoms with van der Waals surface area (Å²) in [4.78, 5) is 9.13. The third-order valence-electron chi connectivity index (χ3n) is 4.56. The number of phenolic OH excluding ortho intramolecular Hbond substituents is 1. The van der Waals surface area contributed by atoms with Crippen LogP contribution in [0.5, 0.6) is 11.5 Å². The molecule has 0 unspecified atom stereocenters. The van der Waals surface area contributed by atoms with E-state index in [4.69, 9.17) is 4.74 Å². The second-order valence-electron chi connectivity index (χ2n) is 6.74. The maximum absolute atomic E-state index is 10.3. The summed E-state index contributed by atoms with van der Waals surface area (Å²) in [6.45, 7) is 0. The molecular weight excluding hydrogens is 536 g/mol. The van der Waals surface area contributed by atoms with E-state index in [1.807, 2.05) is 60.8 Å². The summed E-state index contributed by atoms with van der Waals surface area (Å²) in [7, 11) is 1.63. The molecule has 0 atom stereocenters. The van der Waals surface area contributed by atoms with Crippen LogP contribution < -0.4 is 4.74 Å². The number of nitrogens with zero attached hydrogens (tertiary/aromatic N) is 4. The van der Waals surface area contributed by atoms with Crippen LogP contribution in [-0.4, -0.2) is 34.3 Å². The topological polar surface area (TPSA) is 72.0 Å². The first kappa shape index (κ1) is 22.0. The van der Waals surface area contributed by atoms with Crippen molar-refractivity contribution < 1.29 is 9.84 Å². The van der Waals surface area contributed by atoms with Gasteiger partial charge >= 0.3 is 0 Å². The number of phenols is 1. The number of ether oxygens (including phenoxy) is 1.